The van der Waals surface area contributed by atoms with E-state index >= 15 is 0 Å². The smallest absolute Gasteiger partial charge is 0.289 e. The van der Waals surface area contributed by atoms with Crippen molar-refractivity contribution in [3.8, 4) is 11.5 Å². The number of rotatable bonds is 5. The number of nitro groups is 1. The fourth-order valence-corrected chi connectivity index (χ4v) is 3.02. The van der Waals surface area contributed by atoms with Gasteiger partial charge in [0.05, 0.1) is 24.0 Å². The third-order valence-electron chi connectivity index (χ3n) is 2.73. The Hall–Kier alpha value is -1.92. The van der Waals surface area contributed by atoms with Crippen LogP contribution in [0.15, 0.2) is 46.2 Å². The first-order valence-corrected chi connectivity index (χ1v) is 7.09. The molecule has 7 heteroatoms. The van der Waals surface area contributed by atoms with Crippen LogP contribution < -0.4 is 9.47 Å². The lowest BCUT2D eigenvalue weighted by molar-refractivity contribution is -0.384. The second-order valence-corrected chi connectivity index (χ2v) is 5.43. The highest BCUT2D eigenvalue weighted by molar-refractivity contribution is 7.99. The van der Waals surface area contributed by atoms with Gasteiger partial charge in [0.15, 0.2) is 0 Å². The minimum absolute atomic E-state index is 0.109. The molecule has 0 aliphatic carbocycles. The molecule has 0 aliphatic rings. The molecule has 0 aliphatic heterocycles. The number of halogens is 1. The minimum atomic E-state index is -0.505. The Kier molecular flexibility index (Phi) is 4.93. The normalized spacial score (nSPS) is 10.2. The summed E-state index contributed by atoms with van der Waals surface area (Å²) in [4.78, 5) is 11.8. The maximum absolute atomic E-state index is 10.9. The maximum Gasteiger partial charge on any atom is 0.289 e. The van der Waals surface area contributed by atoms with Gasteiger partial charge in [-0.25, -0.2) is 0 Å². The van der Waals surface area contributed by atoms with Gasteiger partial charge < -0.3 is 9.47 Å². The van der Waals surface area contributed by atoms with Crippen LogP contribution in [0.5, 0.6) is 11.5 Å². The largest absolute Gasteiger partial charge is 0.497 e. The molecule has 0 spiro atoms. The molecule has 0 fully saturated rings. The molecule has 0 amide bonds. The van der Waals surface area contributed by atoms with Crippen molar-refractivity contribution in [2.75, 3.05) is 14.2 Å². The summed E-state index contributed by atoms with van der Waals surface area (Å²) >= 11 is 7.37. The van der Waals surface area contributed by atoms with E-state index in [0.29, 0.717) is 16.4 Å². The van der Waals surface area contributed by atoms with Crippen molar-refractivity contribution < 1.29 is 14.4 Å². The molecule has 0 N–H and O–H groups in total. The Balaban J connectivity index is 2.42. The third-order valence-corrected chi connectivity index (χ3v) is 4.34. The molecule has 0 radical (unpaired) electrons. The van der Waals surface area contributed by atoms with E-state index in [2.05, 4.69) is 0 Å². The van der Waals surface area contributed by atoms with Crippen LogP contribution in [-0.4, -0.2) is 19.1 Å². The molecule has 2 aromatic rings. The van der Waals surface area contributed by atoms with Crippen LogP contribution in [0.4, 0.5) is 5.69 Å². The van der Waals surface area contributed by atoms with Gasteiger partial charge in [-0.3, -0.25) is 10.1 Å². The van der Waals surface area contributed by atoms with Crippen LogP contribution in [0.3, 0.4) is 0 Å². The van der Waals surface area contributed by atoms with Gasteiger partial charge in [-0.1, -0.05) is 29.4 Å². The standard InChI is InChI=1S/C14H12ClNO4S/c1-19-9-6-7-11(20-2)13(8-9)21-12-5-3-4-10(14(12)15)16(17)18/h3-8H,1-2H3. The average molecular weight is 326 g/mol. The molecule has 0 atom stereocenters. The summed E-state index contributed by atoms with van der Waals surface area (Å²) in [5.41, 5.74) is -0.122. The number of hydrogen-bond donors (Lipinski definition) is 0. The molecule has 5 nitrogen and oxygen atoms in total. The van der Waals surface area contributed by atoms with E-state index in [0.717, 1.165) is 4.90 Å². The first kappa shape index (κ1) is 15.5. The van der Waals surface area contributed by atoms with Gasteiger partial charge in [0.2, 0.25) is 0 Å². The van der Waals surface area contributed by atoms with Crippen molar-refractivity contribution in [2.45, 2.75) is 9.79 Å². The Morgan fingerprint density at radius 3 is 2.52 bits per heavy atom. The SMILES string of the molecule is COc1ccc(OC)c(Sc2cccc([N+](=O)[O-])c2Cl)c1. The van der Waals surface area contributed by atoms with Crippen molar-refractivity contribution in [2.24, 2.45) is 0 Å². The zero-order valence-electron chi connectivity index (χ0n) is 11.3. The van der Waals surface area contributed by atoms with Crippen LogP contribution in [0.2, 0.25) is 5.02 Å². The maximum atomic E-state index is 10.9. The molecule has 0 saturated heterocycles. The molecule has 0 aromatic heterocycles. The fraction of sp³-hybridized carbons (Fsp3) is 0.143. The van der Waals surface area contributed by atoms with Crippen molar-refractivity contribution in [3.63, 3.8) is 0 Å². The lowest BCUT2D eigenvalue weighted by Gasteiger charge is -2.10. The van der Waals surface area contributed by atoms with Crippen LogP contribution in [0.1, 0.15) is 0 Å². The van der Waals surface area contributed by atoms with Crippen molar-refractivity contribution in [1.82, 2.24) is 0 Å². The fourth-order valence-electron chi connectivity index (χ4n) is 1.70. The average Bonchev–Trinajstić information content (AvgIpc) is 2.49. The van der Waals surface area contributed by atoms with E-state index in [1.54, 1.807) is 44.6 Å². The van der Waals surface area contributed by atoms with Crippen LogP contribution >= 0.6 is 23.4 Å². The van der Waals surface area contributed by atoms with E-state index < -0.39 is 4.92 Å². The molecule has 0 heterocycles. The molecular formula is C14H12ClNO4S. The summed E-state index contributed by atoms with van der Waals surface area (Å²) in [6, 6.07) is 10.0. The number of hydrogen-bond acceptors (Lipinski definition) is 5. The van der Waals surface area contributed by atoms with Gasteiger partial charge in [0.1, 0.15) is 16.5 Å². The number of nitrogens with zero attached hydrogens (tertiary/aromatic N) is 1. The molecular weight excluding hydrogens is 314 g/mol. The molecule has 21 heavy (non-hydrogen) atoms. The van der Waals surface area contributed by atoms with E-state index in [1.807, 2.05) is 0 Å². The Morgan fingerprint density at radius 2 is 1.90 bits per heavy atom. The second kappa shape index (κ2) is 6.69. The number of benzene rings is 2. The molecule has 2 aromatic carbocycles. The van der Waals surface area contributed by atoms with Crippen LogP contribution in [0.25, 0.3) is 0 Å². The summed E-state index contributed by atoms with van der Waals surface area (Å²) in [5, 5.41) is 11.0. The first-order chi connectivity index (χ1) is 10.1. The molecule has 0 saturated carbocycles. The third kappa shape index (κ3) is 3.40. The van der Waals surface area contributed by atoms with Gasteiger partial charge in [0, 0.05) is 11.0 Å². The van der Waals surface area contributed by atoms with Crippen LogP contribution in [0, 0.1) is 10.1 Å². The molecule has 0 unspecified atom stereocenters. The molecule has 0 bridgehead atoms. The van der Waals surface area contributed by atoms with Gasteiger partial charge in [-0.15, -0.1) is 0 Å². The van der Waals surface area contributed by atoms with Gasteiger partial charge in [-0.05, 0) is 24.3 Å². The monoisotopic (exact) mass is 325 g/mol. The molecule has 2 rings (SSSR count). The number of ether oxygens (including phenoxy) is 2. The summed E-state index contributed by atoms with van der Waals surface area (Å²) in [5.74, 6) is 1.31. The highest BCUT2D eigenvalue weighted by atomic mass is 35.5. The predicted octanol–water partition coefficient (Wildman–Crippen LogP) is 4.42. The van der Waals surface area contributed by atoms with Gasteiger partial charge in [0.25, 0.3) is 5.69 Å². The zero-order valence-corrected chi connectivity index (χ0v) is 12.9. The summed E-state index contributed by atoms with van der Waals surface area (Å²) in [6.07, 6.45) is 0. The van der Waals surface area contributed by atoms with E-state index in [1.165, 1.54) is 17.8 Å². The van der Waals surface area contributed by atoms with E-state index in [9.17, 15) is 10.1 Å². The zero-order chi connectivity index (χ0) is 15.4. The Morgan fingerprint density at radius 1 is 1.14 bits per heavy atom. The first-order valence-electron chi connectivity index (χ1n) is 5.89. The highest BCUT2D eigenvalue weighted by Crippen LogP contribution is 2.42. The second-order valence-electron chi connectivity index (χ2n) is 3.97. The Labute approximate surface area is 131 Å². The molecule has 110 valence electrons. The van der Waals surface area contributed by atoms with E-state index in [-0.39, 0.29) is 10.7 Å². The predicted molar refractivity (Wildman–Crippen MR) is 81.8 cm³/mol. The van der Waals surface area contributed by atoms with Gasteiger partial charge in [-0.2, -0.15) is 0 Å². The minimum Gasteiger partial charge on any atom is -0.497 e. The summed E-state index contributed by atoms with van der Waals surface area (Å²) in [7, 11) is 3.12. The number of methoxy groups -OCH3 is 2. The van der Waals surface area contributed by atoms with Crippen molar-refractivity contribution >= 4 is 29.1 Å². The Bertz CT molecular complexity index is 678. The number of nitro benzene ring substituents is 1. The van der Waals surface area contributed by atoms with Crippen molar-refractivity contribution in [3.05, 3.63) is 51.5 Å². The van der Waals surface area contributed by atoms with E-state index in [4.69, 9.17) is 21.1 Å². The highest BCUT2D eigenvalue weighted by Gasteiger charge is 2.17. The van der Waals surface area contributed by atoms with Crippen LogP contribution in [-0.2, 0) is 0 Å². The summed E-state index contributed by atoms with van der Waals surface area (Å²) in [6.45, 7) is 0. The lowest BCUT2D eigenvalue weighted by atomic mass is 10.3. The summed E-state index contributed by atoms with van der Waals surface area (Å²) < 4.78 is 10.5. The van der Waals surface area contributed by atoms with Gasteiger partial charge >= 0.3 is 0 Å². The quantitative estimate of drug-likeness (QED) is 0.601. The van der Waals surface area contributed by atoms with Crippen molar-refractivity contribution in [1.29, 1.82) is 0 Å². The topological polar surface area (TPSA) is 61.6 Å². The lowest BCUT2D eigenvalue weighted by Crippen LogP contribution is -1.91.